The van der Waals surface area contributed by atoms with Gasteiger partial charge in [0.2, 0.25) is 11.8 Å². The largest absolute Gasteiger partial charge is 0.353 e. The van der Waals surface area contributed by atoms with E-state index in [9.17, 15) is 14.0 Å². The first-order valence-corrected chi connectivity index (χ1v) is 8.44. The van der Waals surface area contributed by atoms with Crippen LogP contribution in [0.25, 0.3) is 0 Å². The normalized spacial score (nSPS) is 18.7. The number of nitrogens with one attached hydrogen (secondary N) is 1. The SMILES string of the molecule is O=C(CCc1cccc(F)c1)NC1CCN(C(=O)C2CC2)CC1. The zero-order valence-electron chi connectivity index (χ0n) is 13.3. The minimum atomic E-state index is -0.268. The van der Waals surface area contributed by atoms with Gasteiger partial charge in [-0.2, -0.15) is 0 Å². The highest BCUT2D eigenvalue weighted by atomic mass is 19.1. The van der Waals surface area contributed by atoms with E-state index in [1.54, 1.807) is 6.07 Å². The lowest BCUT2D eigenvalue weighted by Crippen LogP contribution is -2.47. The van der Waals surface area contributed by atoms with Crippen molar-refractivity contribution in [3.63, 3.8) is 0 Å². The van der Waals surface area contributed by atoms with Crippen LogP contribution in [0.5, 0.6) is 0 Å². The number of rotatable bonds is 5. The number of halogens is 1. The molecule has 1 N–H and O–H groups in total. The van der Waals surface area contributed by atoms with Crippen LogP contribution in [0.4, 0.5) is 4.39 Å². The molecule has 2 aliphatic rings. The highest BCUT2D eigenvalue weighted by Crippen LogP contribution is 2.31. The summed E-state index contributed by atoms with van der Waals surface area (Å²) >= 11 is 0. The van der Waals surface area contributed by atoms with E-state index in [1.165, 1.54) is 12.1 Å². The molecule has 1 aromatic carbocycles. The zero-order chi connectivity index (χ0) is 16.2. The van der Waals surface area contributed by atoms with Crippen molar-refractivity contribution in [2.45, 2.75) is 44.6 Å². The molecule has 0 bridgehead atoms. The van der Waals surface area contributed by atoms with Crippen LogP contribution in [0.3, 0.4) is 0 Å². The van der Waals surface area contributed by atoms with E-state index in [2.05, 4.69) is 5.32 Å². The molecule has 124 valence electrons. The van der Waals surface area contributed by atoms with Gasteiger partial charge in [-0.25, -0.2) is 4.39 Å². The number of hydrogen-bond acceptors (Lipinski definition) is 2. The van der Waals surface area contributed by atoms with E-state index >= 15 is 0 Å². The number of hydrogen-bond donors (Lipinski definition) is 1. The number of carbonyl (C=O) groups excluding carboxylic acids is 2. The molecule has 1 saturated heterocycles. The minimum Gasteiger partial charge on any atom is -0.353 e. The van der Waals surface area contributed by atoms with Crippen LogP contribution in [0.1, 0.15) is 37.7 Å². The summed E-state index contributed by atoms with van der Waals surface area (Å²) in [5, 5.41) is 3.04. The topological polar surface area (TPSA) is 49.4 Å². The first kappa shape index (κ1) is 16.0. The highest BCUT2D eigenvalue weighted by Gasteiger charge is 2.34. The van der Waals surface area contributed by atoms with Crippen LogP contribution < -0.4 is 5.32 Å². The Hall–Kier alpha value is -1.91. The predicted octanol–water partition coefficient (Wildman–Crippen LogP) is 2.28. The molecule has 0 atom stereocenters. The third kappa shape index (κ3) is 4.53. The summed E-state index contributed by atoms with van der Waals surface area (Å²) in [6, 6.07) is 6.52. The van der Waals surface area contributed by atoms with Crippen LogP contribution in [0.15, 0.2) is 24.3 Å². The second kappa shape index (κ2) is 7.11. The van der Waals surface area contributed by atoms with E-state index in [4.69, 9.17) is 0 Å². The smallest absolute Gasteiger partial charge is 0.225 e. The van der Waals surface area contributed by atoms with Crippen molar-refractivity contribution in [3.8, 4) is 0 Å². The molecule has 5 heteroatoms. The van der Waals surface area contributed by atoms with Gasteiger partial charge in [0.25, 0.3) is 0 Å². The molecule has 1 aliphatic carbocycles. The molecule has 1 aliphatic heterocycles. The van der Waals surface area contributed by atoms with Crippen LogP contribution in [0.2, 0.25) is 0 Å². The van der Waals surface area contributed by atoms with Crippen LogP contribution in [-0.4, -0.2) is 35.8 Å². The molecule has 0 unspecified atom stereocenters. The van der Waals surface area contributed by atoms with Gasteiger partial charge >= 0.3 is 0 Å². The van der Waals surface area contributed by atoms with Gasteiger partial charge in [-0.3, -0.25) is 9.59 Å². The van der Waals surface area contributed by atoms with Gasteiger partial charge in [0.15, 0.2) is 0 Å². The Labute approximate surface area is 136 Å². The van der Waals surface area contributed by atoms with Gasteiger partial charge in [0.05, 0.1) is 0 Å². The molecule has 2 fully saturated rings. The molecule has 23 heavy (non-hydrogen) atoms. The third-order valence-electron chi connectivity index (χ3n) is 4.63. The van der Waals surface area contributed by atoms with E-state index in [0.29, 0.717) is 18.7 Å². The van der Waals surface area contributed by atoms with Crippen molar-refractivity contribution in [2.75, 3.05) is 13.1 Å². The van der Waals surface area contributed by atoms with Gasteiger partial charge in [-0.05, 0) is 49.8 Å². The van der Waals surface area contributed by atoms with Crippen molar-refractivity contribution in [1.29, 1.82) is 0 Å². The first-order valence-electron chi connectivity index (χ1n) is 8.44. The maximum atomic E-state index is 13.1. The Morgan fingerprint density at radius 1 is 1.17 bits per heavy atom. The minimum absolute atomic E-state index is 0.00114. The van der Waals surface area contributed by atoms with Crippen LogP contribution in [-0.2, 0) is 16.0 Å². The number of amides is 2. The lowest BCUT2D eigenvalue weighted by atomic mass is 10.0. The van der Waals surface area contributed by atoms with Crippen molar-refractivity contribution in [3.05, 3.63) is 35.6 Å². The Morgan fingerprint density at radius 3 is 2.57 bits per heavy atom. The fourth-order valence-electron chi connectivity index (χ4n) is 3.08. The molecule has 1 saturated carbocycles. The molecular weight excluding hydrogens is 295 g/mol. The summed E-state index contributed by atoms with van der Waals surface area (Å²) in [4.78, 5) is 25.9. The number of carbonyl (C=O) groups is 2. The zero-order valence-corrected chi connectivity index (χ0v) is 13.3. The average molecular weight is 318 g/mol. The van der Waals surface area contributed by atoms with Crippen molar-refractivity contribution in [1.82, 2.24) is 10.2 Å². The molecule has 1 heterocycles. The molecular formula is C18H23FN2O2. The van der Waals surface area contributed by atoms with Gasteiger partial charge < -0.3 is 10.2 Å². The molecule has 3 rings (SSSR count). The second-order valence-electron chi connectivity index (χ2n) is 6.57. The highest BCUT2D eigenvalue weighted by molar-refractivity contribution is 5.81. The number of piperidine rings is 1. The Morgan fingerprint density at radius 2 is 1.91 bits per heavy atom. The summed E-state index contributed by atoms with van der Waals surface area (Å²) in [5.74, 6) is 0.296. The number of likely N-dealkylation sites (tertiary alicyclic amines) is 1. The molecule has 0 aromatic heterocycles. The quantitative estimate of drug-likeness (QED) is 0.905. The fraction of sp³-hybridized carbons (Fsp3) is 0.556. The second-order valence-corrected chi connectivity index (χ2v) is 6.57. The van der Waals surface area contributed by atoms with Gasteiger partial charge in [0.1, 0.15) is 5.82 Å². The average Bonchev–Trinajstić information content (AvgIpc) is 3.38. The summed E-state index contributed by atoms with van der Waals surface area (Å²) in [7, 11) is 0. The van der Waals surface area contributed by atoms with E-state index in [0.717, 1.165) is 44.3 Å². The molecule has 2 amide bonds. The van der Waals surface area contributed by atoms with Crippen molar-refractivity contribution in [2.24, 2.45) is 5.92 Å². The maximum Gasteiger partial charge on any atom is 0.225 e. The summed E-state index contributed by atoms with van der Waals surface area (Å²) < 4.78 is 13.1. The summed E-state index contributed by atoms with van der Waals surface area (Å²) in [6.07, 6.45) is 4.63. The summed E-state index contributed by atoms with van der Waals surface area (Å²) in [6.45, 7) is 1.48. The fourth-order valence-corrected chi connectivity index (χ4v) is 3.08. The van der Waals surface area contributed by atoms with Crippen LogP contribution >= 0.6 is 0 Å². The van der Waals surface area contributed by atoms with Crippen LogP contribution in [0, 0.1) is 11.7 Å². The van der Waals surface area contributed by atoms with Crippen molar-refractivity contribution < 1.29 is 14.0 Å². The first-order chi connectivity index (χ1) is 11.1. The van der Waals surface area contributed by atoms with Gasteiger partial charge in [-0.1, -0.05) is 12.1 Å². The Balaban J connectivity index is 1.38. The molecule has 0 radical (unpaired) electrons. The third-order valence-corrected chi connectivity index (χ3v) is 4.63. The number of aryl methyl sites for hydroxylation is 1. The van der Waals surface area contributed by atoms with Crippen molar-refractivity contribution >= 4 is 11.8 Å². The monoisotopic (exact) mass is 318 g/mol. The van der Waals surface area contributed by atoms with E-state index in [1.807, 2.05) is 11.0 Å². The standard InChI is InChI=1S/C18H23FN2O2/c19-15-3-1-2-13(12-15)4-7-17(22)20-16-8-10-21(11-9-16)18(23)14-5-6-14/h1-3,12,14,16H,4-11H2,(H,20,22). The predicted molar refractivity (Wildman–Crippen MR) is 85.2 cm³/mol. The number of benzene rings is 1. The molecule has 0 spiro atoms. The molecule has 1 aromatic rings. The summed E-state index contributed by atoms with van der Waals surface area (Å²) in [5.41, 5.74) is 0.838. The lowest BCUT2D eigenvalue weighted by molar-refractivity contribution is -0.133. The Kier molecular flexibility index (Phi) is 4.94. The van der Waals surface area contributed by atoms with E-state index < -0.39 is 0 Å². The van der Waals surface area contributed by atoms with E-state index in [-0.39, 0.29) is 23.7 Å². The van der Waals surface area contributed by atoms with Gasteiger partial charge in [0, 0.05) is 31.5 Å². The Bertz CT molecular complexity index is 578. The number of nitrogens with zero attached hydrogens (tertiary/aromatic N) is 1. The van der Waals surface area contributed by atoms with Gasteiger partial charge in [-0.15, -0.1) is 0 Å². The lowest BCUT2D eigenvalue weighted by Gasteiger charge is -2.32. The maximum absolute atomic E-state index is 13.1. The molecule has 4 nitrogen and oxygen atoms in total.